The molecule has 0 spiro atoms. The van der Waals surface area contributed by atoms with E-state index in [0.717, 1.165) is 24.0 Å². The average molecular weight is 219 g/mol. The van der Waals surface area contributed by atoms with Crippen molar-refractivity contribution in [3.8, 4) is 5.75 Å². The zero-order chi connectivity index (χ0) is 11.5. The van der Waals surface area contributed by atoms with Gasteiger partial charge in [0.05, 0.1) is 5.97 Å². The van der Waals surface area contributed by atoms with E-state index in [2.05, 4.69) is 0 Å². The van der Waals surface area contributed by atoms with Crippen LogP contribution in [0.15, 0.2) is 18.2 Å². The molecule has 4 nitrogen and oxygen atoms in total. The zero-order valence-electron chi connectivity index (χ0n) is 8.69. The van der Waals surface area contributed by atoms with Crippen LogP contribution in [-0.4, -0.2) is 18.4 Å². The molecule has 0 aromatic heterocycles. The first-order chi connectivity index (χ1) is 7.66. The van der Waals surface area contributed by atoms with Gasteiger partial charge >= 0.3 is 0 Å². The Morgan fingerprint density at radius 2 is 2.19 bits per heavy atom. The molecule has 1 aliphatic carbocycles. The van der Waals surface area contributed by atoms with Gasteiger partial charge < -0.3 is 14.6 Å². The summed E-state index contributed by atoms with van der Waals surface area (Å²) in [6.45, 7) is -0.466. The maximum Gasteiger partial charge on any atom is 0.163 e. The lowest BCUT2D eigenvalue weighted by Crippen LogP contribution is -2.29. The van der Waals surface area contributed by atoms with Gasteiger partial charge in [-0.3, -0.25) is 4.79 Å². The SMILES string of the molecule is O=C([O-])COc1ccc2c(c1)CCCC2=O. The second-order valence-electron chi connectivity index (χ2n) is 3.76. The number of fused-ring (bicyclic) bond motifs is 1. The number of benzene rings is 1. The Hall–Kier alpha value is -1.84. The molecule has 0 aliphatic heterocycles. The van der Waals surface area contributed by atoms with Crippen molar-refractivity contribution in [2.24, 2.45) is 0 Å². The fraction of sp³-hybridized carbons (Fsp3) is 0.333. The molecule has 0 saturated carbocycles. The maximum absolute atomic E-state index is 11.5. The zero-order valence-corrected chi connectivity index (χ0v) is 8.69. The molecule has 0 amide bonds. The summed E-state index contributed by atoms with van der Waals surface area (Å²) in [7, 11) is 0. The van der Waals surface area contributed by atoms with E-state index in [1.54, 1.807) is 18.2 Å². The fourth-order valence-electron chi connectivity index (χ4n) is 1.86. The van der Waals surface area contributed by atoms with E-state index in [0.29, 0.717) is 12.2 Å². The van der Waals surface area contributed by atoms with Crippen LogP contribution in [0, 0.1) is 0 Å². The van der Waals surface area contributed by atoms with Crippen molar-refractivity contribution in [2.45, 2.75) is 19.3 Å². The van der Waals surface area contributed by atoms with Gasteiger partial charge in [0.15, 0.2) is 5.78 Å². The molecule has 0 heterocycles. The second-order valence-corrected chi connectivity index (χ2v) is 3.76. The smallest absolute Gasteiger partial charge is 0.163 e. The first-order valence-corrected chi connectivity index (χ1v) is 5.15. The first kappa shape index (κ1) is 10.7. The van der Waals surface area contributed by atoms with E-state index < -0.39 is 12.6 Å². The van der Waals surface area contributed by atoms with E-state index in [1.165, 1.54) is 0 Å². The van der Waals surface area contributed by atoms with Crippen molar-refractivity contribution < 1.29 is 19.4 Å². The molecule has 1 aromatic rings. The lowest BCUT2D eigenvalue weighted by atomic mass is 9.91. The minimum Gasteiger partial charge on any atom is -0.546 e. The third-order valence-electron chi connectivity index (χ3n) is 2.58. The number of aryl methyl sites for hydroxylation is 1. The van der Waals surface area contributed by atoms with Crippen molar-refractivity contribution in [3.05, 3.63) is 29.3 Å². The van der Waals surface area contributed by atoms with Gasteiger partial charge in [0.1, 0.15) is 12.4 Å². The summed E-state index contributed by atoms with van der Waals surface area (Å²) in [5.41, 5.74) is 1.67. The Kier molecular flexibility index (Phi) is 2.90. The number of ketones is 1. The van der Waals surface area contributed by atoms with Crippen molar-refractivity contribution in [1.82, 2.24) is 0 Å². The molecular formula is C12H11O4-. The highest BCUT2D eigenvalue weighted by molar-refractivity contribution is 5.98. The number of carboxylic acids is 1. The van der Waals surface area contributed by atoms with Crippen LogP contribution in [0.5, 0.6) is 5.75 Å². The Morgan fingerprint density at radius 3 is 2.94 bits per heavy atom. The average Bonchev–Trinajstić information content (AvgIpc) is 2.26. The molecular weight excluding hydrogens is 208 g/mol. The topological polar surface area (TPSA) is 66.4 Å². The van der Waals surface area contributed by atoms with Gasteiger partial charge in [-0.1, -0.05) is 0 Å². The summed E-state index contributed by atoms with van der Waals surface area (Å²) in [6, 6.07) is 5.04. The number of ether oxygens (including phenoxy) is 1. The second kappa shape index (κ2) is 4.35. The number of carbonyl (C=O) groups excluding carboxylic acids is 2. The number of Topliss-reactive ketones (excluding diaryl/α,β-unsaturated/α-hetero) is 1. The Balaban J connectivity index is 2.18. The number of rotatable bonds is 3. The summed E-state index contributed by atoms with van der Waals surface area (Å²) in [4.78, 5) is 21.7. The molecule has 0 saturated heterocycles. The van der Waals surface area contributed by atoms with Crippen LogP contribution in [0.2, 0.25) is 0 Å². The monoisotopic (exact) mass is 219 g/mol. The molecule has 16 heavy (non-hydrogen) atoms. The molecule has 0 radical (unpaired) electrons. The van der Waals surface area contributed by atoms with Crippen LogP contribution in [-0.2, 0) is 11.2 Å². The van der Waals surface area contributed by atoms with E-state index in [9.17, 15) is 14.7 Å². The molecule has 0 bridgehead atoms. The predicted molar refractivity (Wildman–Crippen MR) is 54.2 cm³/mol. The van der Waals surface area contributed by atoms with Gasteiger partial charge in [-0.05, 0) is 36.6 Å². The van der Waals surface area contributed by atoms with Crippen molar-refractivity contribution in [2.75, 3.05) is 6.61 Å². The lowest BCUT2D eigenvalue weighted by Gasteiger charge is -2.16. The van der Waals surface area contributed by atoms with E-state index in [-0.39, 0.29) is 5.78 Å². The van der Waals surface area contributed by atoms with Gasteiger partial charge in [0.2, 0.25) is 0 Å². The van der Waals surface area contributed by atoms with E-state index in [1.807, 2.05) is 0 Å². The third kappa shape index (κ3) is 2.21. The van der Waals surface area contributed by atoms with Gasteiger partial charge in [0.25, 0.3) is 0 Å². The molecule has 84 valence electrons. The summed E-state index contributed by atoms with van der Waals surface area (Å²) in [5, 5.41) is 10.2. The first-order valence-electron chi connectivity index (χ1n) is 5.15. The van der Waals surface area contributed by atoms with Crippen LogP contribution in [0.3, 0.4) is 0 Å². The largest absolute Gasteiger partial charge is 0.546 e. The normalized spacial score (nSPS) is 14.4. The van der Waals surface area contributed by atoms with Crippen LogP contribution in [0.1, 0.15) is 28.8 Å². The lowest BCUT2D eigenvalue weighted by molar-refractivity contribution is -0.307. The predicted octanol–water partition coefficient (Wildman–Crippen LogP) is 0.334. The van der Waals surface area contributed by atoms with Crippen LogP contribution >= 0.6 is 0 Å². The number of carbonyl (C=O) groups is 2. The molecule has 0 N–H and O–H groups in total. The van der Waals surface area contributed by atoms with Crippen LogP contribution < -0.4 is 9.84 Å². The molecule has 2 rings (SSSR count). The summed E-state index contributed by atoms with van der Waals surface area (Å²) < 4.78 is 5.00. The Labute approximate surface area is 92.8 Å². The minimum absolute atomic E-state index is 0.146. The molecule has 0 fully saturated rings. The number of hydrogen-bond donors (Lipinski definition) is 0. The molecule has 4 heteroatoms. The number of aliphatic carboxylic acids is 1. The molecule has 1 aliphatic rings. The minimum atomic E-state index is -1.26. The Morgan fingerprint density at radius 1 is 1.38 bits per heavy atom. The van der Waals surface area contributed by atoms with Gasteiger partial charge in [-0.2, -0.15) is 0 Å². The van der Waals surface area contributed by atoms with Crippen molar-refractivity contribution in [1.29, 1.82) is 0 Å². The molecule has 0 atom stereocenters. The van der Waals surface area contributed by atoms with Crippen molar-refractivity contribution in [3.63, 3.8) is 0 Å². The van der Waals surface area contributed by atoms with Crippen LogP contribution in [0.25, 0.3) is 0 Å². The van der Waals surface area contributed by atoms with Gasteiger partial charge in [-0.15, -0.1) is 0 Å². The highest BCUT2D eigenvalue weighted by Crippen LogP contribution is 2.25. The molecule has 1 aromatic carbocycles. The number of carboxylic acid groups (broad SMARTS) is 1. The van der Waals surface area contributed by atoms with E-state index >= 15 is 0 Å². The third-order valence-corrected chi connectivity index (χ3v) is 2.58. The highest BCUT2D eigenvalue weighted by atomic mass is 16.5. The van der Waals surface area contributed by atoms with Crippen LogP contribution in [0.4, 0.5) is 0 Å². The number of hydrogen-bond acceptors (Lipinski definition) is 4. The summed E-state index contributed by atoms with van der Waals surface area (Å²) in [5.74, 6) is -0.640. The standard InChI is InChI=1S/C12H12O4/c13-11-3-1-2-8-6-9(4-5-10(8)11)16-7-12(14)15/h4-6H,1-3,7H2,(H,14,15)/p-1. The van der Waals surface area contributed by atoms with E-state index in [4.69, 9.17) is 4.74 Å². The Bertz CT molecular complexity index is 437. The fourth-order valence-corrected chi connectivity index (χ4v) is 1.86. The van der Waals surface area contributed by atoms with Gasteiger partial charge in [-0.25, -0.2) is 0 Å². The van der Waals surface area contributed by atoms with Gasteiger partial charge in [0, 0.05) is 12.0 Å². The van der Waals surface area contributed by atoms with Crippen molar-refractivity contribution >= 4 is 11.8 Å². The highest BCUT2D eigenvalue weighted by Gasteiger charge is 2.17. The molecule has 0 unspecified atom stereocenters. The quantitative estimate of drug-likeness (QED) is 0.735. The summed E-state index contributed by atoms with van der Waals surface area (Å²) >= 11 is 0. The summed E-state index contributed by atoms with van der Waals surface area (Å²) in [6.07, 6.45) is 2.27. The maximum atomic E-state index is 11.5.